The van der Waals surface area contributed by atoms with Crippen molar-refractivity contribution in [2.75, 3.05) is 13.2 Å². The Hall–Kier alpha value is -0.850. The van der Waals surface area contributed by atoms with E-state index in [4.69, 9.17) is 9.47 Å². The molecule has 0 spiro atoms. The molecule has 0 radical (unpaired) electrons. The van der Waals surface area contributed by atoms with Gasteiger partial charge in [-0.3, -0.25) is 4.79 Å². The van der Waals surface area contributed by atoms with Gasteiger partial charge in [0.25, 0.3) is 0 Å². The van der Waals surface area contributed by atoms with Gasteiger partial charge in [-0.2, -0.15) is 0 Å². The number of nitrogens with one attached hydrogen (secondary N) is 1. The summed E-state index contributed by atoms with van der Waals surface area (Å²) in [6, 6.07) is -0.983. The Morgan fingerprint density at radius 3 is 1.35 bits per heavy atom. The number of rotatable bonds is 39. The van der Waals surface area contributed by atoms with Gasteiger partial charge in [-0.15, -0.1) is 0 Å². The monoisotopic (exact) mass is 788 g/mol. The zero-order chi connectivity index (χ0) is 40.4. The van der Waals surface area contributed by atoms with E-state index in [9.17, 15) is 35.4 Å². The van der Waals surface area contributed by atoms with E-state index in [-0.39, 0.29) is 18.9 Å². The molecule has 55 heavy (non-hydrogen) atoms. The lowest BCUT2D eigenvalue weighted by Crippen LogP contribution is -2.60. The Balaban J connectivity index is 2.34. The van der Waals surface area contributed by atoms with Gasteiger partial charge in [0.05, 0.1) is 25.4 Å². The van der Waals surface area contributed by atoms with Crippen LogP contribution in [-0.4, -0.2) is 98.7 Å². The van der Waals surface area contributed by atoms with Gasteiger partial charge in [-0.25, -0.2) is 0 Å². The molecule has 7 N–H and O–H groups in total. The minimum absolute atomic E-state index is 0.254. The highest BCUT2D eigenvalue weighted by Crippen LogP contribution is 2.23. The number of ether oxygens (including phenoxy) is 2. The second-order valence-corrected chi connectivity index (χ2v) is 16.7. The van der Waals surface area contributed by atoms with E-state index >= 15 is 0 Å². The molecule has 1 saturated heterocycles. The average molecular weight is 788 g/mol. The maximum absolute atomic E-state index is 13.0. The molecule has 0 aromatic carbocycles. The smallest absolute Gasteiger partial charge is 0.220 e. The molecule has 1 aliphatic heterocycles. The van der Waals surface area contributed by atoms with Crippen molar-refractivity contribution in [3.05, 3.63) is 0 Å². The second-order valence-electron chi connectivity index (χ2n) is 16.7. The molecular formula is C45H89NO9. The van der Waals surface area contributed by atoms with Crippen LogP contribution < -0.4 is 5.32 Å². The van der Waals surface area contributed by atoms with E-state index in [1.165, 1.54) is 148 Å². The number of aliphatic hydroxyl groups is 6. The van der Waals surface area contributed by atoms with Crippen LogP contribution in [0.4, 0.5) is 0 Å². The number of aliphatic hydroxyl groups excluding tert-OH is 6. The number of unbranched alkanes of at least 4 members (excludes halogenated alkanes) is 28. The molecule has 0 aromatic heterocycles. The van der Waals surface area contributed by atoms with Crippen molar-refractivity contribution >= 4 is 5.91 Å². The number of carbonyl (C=O) groups excluding carboxylic acids is 1. The topological polar surface area (TPSA) is 169 Å². The Morgan fingerprint density at radius 1 is 0.564 bits per heavy atom. The Kier molecular flexibility index (Phi) is 34.4. The van der Waals surface area contributed by atoms with E-state index in [0.717, 1.165) is 44.9 Å². The lowest BCUT2D eigenvalue weighted by molar-refractivity contribution is -0.303. The van der Waals surface area contributed by atoms with Crippen LogP contribution in [0, 0.1) is 0 Å². The van der Waals surface area contributed by atoms with E-state index in [1.807, 2.05) is 0 Å². The lowest BCUT2D eigenvalue weighted by atomic mass is 9.98. The summed E-state index contributed by atoms with van der Waals surface area (Å²) in [6.07, 6.45) is 28.3. The normalized spacial score (nSPS) is 21.8. The van der Waals surface area contributed by atoms with Crippen molar-refractivity contribution in [2.45, 2.75) is 268 Å². The molecule has 1 heterocycles. The molecule has 10 nitrogen and oxygen atoms in total. The fourth-order valence-electron chi connectivity index (χ4n) is 7.73. The van der Waals surface area contributed by atoms with Gasteiger partial charge in [0.1, 0.15) is 30.5 Å². The zero-order valence-corrected chi connectivity index (χ0v) is 35.6. The molecule has 10 heteroatoms. The number of hydrogen-bond acceptors (Lipinski definition) is 9. The quantitative estimate of drug-likeness (QED) is 0.0302. The van der Waals surface area contributed by atoms with Crippen LogP contribution in [0.2, 0.25) is 0 Å². The van der Waals surface area contributed by atoms with Crippen LogP contribution in [0.25, 0.3) is 0 Å². The largest absolute Gasteiger partial charge is 0.394 e. The third-order valence-corrected chi connectivity index (χ3v) is 11.6. The van der Waals surface area contributed by atoms with Crippen molar-refractivity contribution in [1.29, 1.82) is 0 Å². The van der Waals surface area contributed by atoms with Crippen LogP contribution in [-0.2, 0) is 14.3 Å². The van der Waals surface area contributed by atoms with Crippen LogP contribution in [0.1, 0.15) is 219 Å². The molecule has 1 aliphatic rings. The first-order valence-corrected chi connectivity index (χ1v) is 23.3. The first kappa shape index (κ1) is 52.2. The number of amides is 1. The summed E-state index contributed by atoms with van der Waals surface area (Å²) in [6.45, 7) is 3.61. The SMILES string of the molecule is CCCCCCCCCCCCCCCCCCCCCC(=O)N[C@@H](CO[C@@H]1O[C@H](CO)[C@H](O)C(O)C1O)[C@H](O)[C@H](O)CCCCCCCCCCCCC. The molecule has 0 bridgehead atoms. The highest BCUT2D eigenvalue weighted by molar-refractivity contribution is 5.76. The standard InChI is InChI=1S/C45H89NO9/c1-3-5-7-9-11-13-15-16-17-18-19-20-21-22-24-26-28-30-32-34-40(49)46-37(36-54-45-44(53)43(52)42(51)39(35-47)55-45)41(50)38(48)33-31-29-27-25-23-14-12-10-8-6-4-2/h37-39,41-45,47-48,50-53H,3-36H2,1-2H3,(H,46,49)/t37-,38+,39+,41-,42-,43?,44?,45+/m0/s1. The molecule has 2 unspecified atom stereocenters. The van der Waals surface area contributed by atoms with Crippen molar-refractivity contribution in [2.24, 2.45) is 0 Å². The summed E-state index contributed by atoms with van der Waals surface area (Å²) in [5.41, 5.74) is 0. The highest BCUT2D eigenvalue weighted by atomic mass is 16.7. The van der Waals surface area contributed by atoms with Crippen LogP contribution in [0.15, 0.2) is 0 Å². The Bertz CT molecular complexity index is 849. The zero-order valence-electron chi connectivity index (χ0n) is 35.6. The molecule has 0 aromatic rings. The van der Waals surface area contributed by atoms with E-state index < -0.39 is 55.6 Å². The average Bonchev–Trinajstić information content (AvgIpc) is 3.18. The van der Waals surface area contributed by atoms with Crippen LogP contribution in [0.3, 0.4) is 0 Å². The summed E-state index contributed by atoms with van der Waals surface area (Å²) in [4.78, 5) is 13.0. The highest BCUT2D eigenvalue weighted by Gasteiger charge is 2.44. The van der Waals surface area contributed by atoms with Gasteiger partial charge in [0.15, 0.2) is 6.29 Å². The van der Waals surface area contributed by atoms with Gasteiger partial charge in [0, 0.05) is 6.42 Å². The molecule has 328 valence electrons. The Morgan fingerprint density at radius 2 is 0.945 bits per heavy atom. The second kappa shape index (κ2) is 36.2. The van der Waals surface area contributed by atoms with Crippen molar-refractivity contribution in [3.8, 4) is 0 Å². The van der Waals surface area contributed by atoms with Crippen LogP contribution >= 0.6 is 0 Å². The number of hydrogen-bond donors (Lipinski definition) is 7. The van der Waals surface area contributed by atoms with Crippen molar-refractivity contribution < 1.29 is 44.9 Å². The first-order valence-electron chi connectivity index (χ1n) is 23.3. The van der Waals surface area contributed by atoms with E-state index in [1.54, 1.807) is 0 Å². The predicted molar refractivity (Wildman–Crippen MR) is 223 cm³/mol. The number of carbonyl (C=O) groups is 1. The first-order chi connectivity index (χ1) is 26.8. The van der Waals surface area contributed by atoms with Crippen LogP contribution in [0.5, 0.6) is 0 Å². The maximum atomic E-state index is 13.0. The van der Waals surface area contributed by atoms with Crippen molar-refractivity contribution in [3.63, 3.8) is 0 Å². The summed E-state index contributed by atoms with van der Waals surface area (Å²) < 4.78 is 11.1. The molecule has 0 saturated carbocycles. The fraction of sp³-hybridized carbons (Fsp3) is 0.978. The summed E-state index contributed by atoms with van der Waals surface area (Å²) in [5.74, 6) is -0.254. The molecular weight excluding hydrogens is 698 g/mol. The van der Waals surface area contributed by atoms with E-state index in [0.29, 0.717) is 6.42 Å². The lowest BCUT2D eigenvalue weighted by Gasteiger charge is -2.40. The predicted octanol–water partition coefficient (Wildman–Crippen LogP) is 8.53. The third-order valence-electron chi connectivity index (χ3n) is 11.6. The van der Waals surface area contributed by atoms with Gasteiger partial charge in [-0.1, -0.05) is 200 Å². The van der Waals surface area contributed by atoms with Gasteiger partial charge in [0.2, 0.25) is 5.91 Å². The molecule has 1 amide bonds. The maximum Gasteiger partial charge on any atom is 0.220 e. The molecule has 0 aliphatic carbocycles. The third kappa shape index (κ3) is 26.7. The van der Waals surface area contributed by atoms with Gasteiger partial charge < -0.3 is 45.4 Å². The molecule has 8 atom stereocenters. The summed E-state index contributed by atoms with van der Waals surface area (Å²) >= 11 is 0. The fourth-order valence-corrected chi connectivity index (χ4v) is 7.73. The molecule has 1 fully saturated rings. The summed E-state index contributed by atoms with van der Waals surface area (Å²) in [5, 5.41) is 65.1. The molecule has 1 rings (SSSR count). The van der Waals surface area contributed by atoms with Crippen molar-refractivity contribution in [1.82, 2.24) is 5.32 Å². The van der Waals surface area contributed by atoms with Gasteiger partial charge >= 0.3 is 0 Å². The van der Waals surface area contributed by atoms with Gasteiger partial charge in [-0.05, 0) is 12.8 Å². The van der Waals surface area contributed by atoms with E-state index in [2.05, 4.69) is 19.2 Å². The minimum Gasteiger partial charge on any atom is -0.394 e. The summed E-state index contributed by atoms with van der Waals surface area (Å²) in [7, 11) is 0. The Labute approximate surface area is 336 Å². The minimum atomic E-state index is -1.60.